The van der Waals surface area contributed by atoms with Gasteiger partial charge in [-0.3, -0.25) is 9.79 Å². The molecule has 1 atom stereocenters. The highest BCUT2D eigenvalue weighted by Crippen LogP contribution is 1.93. The molecule has 0 radical (unpaired) electrons. The van der Waals surface area contributed by atoms with Crippen LogP contribution in [-0.2, 0) is 4.79 Å². The Morgan fingerprint density at radius 3 is 2.36 bits per heavy atom. The third kappa shape index (κ3) is 7.19. The van der Waals surface area contributed by atoms with E-state index < -0.39 is 6.10 Å². The lowest BCUT2D eigenvalue weighted by Gasteiger charge is -2.03. The topological polar surface area (TPSA) is 49.7 Å². The van der Waals surface area contributed by atoms with Gasteiger partial charge in [-0.2, -0.15) is 0 Å². The van der Waals surface area contributed by atoms with Crippen molar-refractivity contribution in [2.75, 3.05) is 6.54 Å². The molecule has 1 unspecified atom stereocenters. The second-order valence-electron chi connectivity index (χ2n) is 2.85. The zero-order valence-corrected chi connectivity index (χ0v) is 7.29. The van der Waals surface area contributed by atoms with E-state index in [4.69, 9.17) is 5.11 Å². The van der Waals surface area contributed by atoms with Crippen molar-refractivity contribution < 1.29 is 9.90 Å². The van der Waals surface area contributed by atoms with Gasteiger partial charge < -0.3 is 5.11 Å². The van der Waals surface area contributed by atoms with E-state index in [1.54, 1.807) is 0 Å². The summed E-state index contributed by atoms with van der Waals surface area (Å²) in [4.78, 5) is 14.5. The molecule has 11 heavy (non-hydrogen) atoms. The molecule has 0 aliphatic carbocycles. The van der Waals surface area contributed by atoms with Crippen molar-refractivity contribution in [1.29, 1.82) is 0 Å². The molecular formula is C8H15NO2. The van der Waals surface area contributed by atoms with Crippen molar-refractivity contribution >= 4 is 11.5 Å². The van der Waals surface area contributed by atoms with Gasteiger partial charge in [0.2, 0.25) is 0 Å². The molecule has 3 nitrogen and oxygen atoms in total. The number of aliphatic hydroxyl groups is 1. The molecular weight excluding hydrogens is 142 g/mol. The summed E-state index contributed by atoms with van der Waals surface area (Å²) in [7, 11) is 0. The van der Waals surface area contributed by atoms with Crippen LogP contribution in [0.1, 0.15) is 27.2 Å². The maximum atomic E-state index is 10.5. The van der Waals surface area contributed by atoms with Gasteiger partial charge in [0.25, 0.3) is 0 Å². The summed E-state index contributed by atoms with van der Waals surface area (Å²) >= 11 is 0. The first-order chi connectivity index (χ1) is 5.02. The Morgan fingerprint density at radius 1 is 1.45 bits per heavy atom. The number of carbonyl (C=O) groups excluding carboxylic acids is 1. The maximum absolute atomic E-state index is 10.5. The van der Waals surface area contributed by atoms with Crippen LogP contribution in [0.3, 0.4) is 0 Å². The number of nitrogens with zero attached hydrogens (tertiary/aromatic N) is 1. The van der Waals surface area contributed by atoms with Gasteiger partial charge in [-0.25, -0.2) is 0 Å². The standard InChI is InChI=1S/C8H15NO2/c1-6(2)9-5-8(11)4-7(3)10/h8,11H,4-5H2,1-3H3. The Labute approximate surface area is 67.1 Å². The minimum Gasteiger partial charge on any atom is -0.391 e. The second kappa shape index (κ2) is 5.02. The largest absolute Gasteiger partial charge is 0.391 e. The fourth-order valence-electron chi connectivity index (χ4n) is 0.684. The quantitative estimate of drug-likeness (QED) is 0.614. The van der Waals surface area contributed by atoms with Crippen molar-refractivity contribution in [2.24, 2.45) is 4.99 Å². The minimum absolute atomic E-state index is 0.00135. The summed E-state index contributed by atoms with van der Waals surface area (Å²) in [5.74, 6) is 0.00135. The summed E-state index contributed by atoms with van der Waals surface area (Å²) in [6.07, 6.45) is -0.404. The monoisotopic (exact) mass is 157 g/mol. The molecule has 1 N–H and O–H groups in total. The van der Waals surface area contributed by atoms with Crippen molar-refractivity contribution in [3.8, 4) is 0 Å². The average Bonchev–Trinajstić information content (AvgIpc) is 1.82. The molecule has 3 heteroatoms. The summed E-state index contributed by atoms with van der Waals surface area (Å²) in [5, 5.41) is 9.14. The Morgan fingerprint density at radius 2 is 2.00 bits per heavy atom. The van der Waals surface area contributed by atoms with Gasteiger partial charge in [-0.1, -0.05) is 0 Å². The zero-order valence-electron chi connectivity index (χ0n) is 7.29. The number of carbonyl (C=O) groups is 1. The molecule has 0 aliphatic rings. The molecule has 0 rings (SSSR count). The zero-order chi connectivity index (χ0) is 8.85. The van der Waals surface area contributed by atoms with Crippen LogP contribution >= 0.6 is 0 Å². The minimum atomic E-state index is -0.609. The first-order valence-corrected chi connectivity index (χ1v) is 3.67. The number of ketones is 1. The van der Waals surface area contributed by atoms with Gasteiger partial charge in [0.1, 0.15) is 5.78 Å². The molecule has 0 fully saturated rings. The van der Waals surface area contributed by atoms with E-state index in [1.165, 1.54) is 6.92 Å². The Kier molecular flexibility index (Phi) is 4.70. The van der Waals surface area contributed by atoms with Crippen molar-refractivity contribution in [1.82, 2.24) is 0 Å². The number of aliphatic imine (C=N–C) groups is 1. The fourth-order valence-corrected chi connectivity index (χ4v) is 0.684. The maximum Gasteiger partial charge on any atom is 0.132 e. The number of hydrogen-bond acceptors (Lipinski definition) is 3. The van der Waals surface area contributed by atoms with Gasteiger partial charge >= 0.3 is 0 Å². The molecule has 0 heterocycles. The summed E-state index contributed by atoms with van der Waals surface area (Å²) in [5.41, 5.74) is 0.924. The molecule has 0 spiro atoms. The second-order valence-corrected chi connectivity index (χ2v) is 2.85. The third-order valence-electron chi connectivity index (χ3n) is 1.14. The van der Waals surface area contributed by atoms with Gasteiger partial charge in [0.15, 0.2) is 0 Å². The van der Waals surface area contributed by atoms with Gasteiger partial charge in [0, 0.05) is 12.1 Å². The molecule has 0 saturated heterocycles. The lowest BCUT2D eigenvalue weighted by Crippen LogP contribution is -2.15. The van der Waals surface area contributed by atoms with Crippen LogP contribution in [0.25, 0.3) is 0 Å². The van der Waals surface area contributed by atoms with Gasteiger partial charge in [-0.15, -0.1) is 0 Å². The Balaban J connectivity index is 3.61. The van der Waals surface area contributed by atoms with Crippen LogP contribution in [0.4, 0.5) is 0 Å². The van der Waals surface area contributed by atoms with Crippen LogP contribution in [0, 0.1) is 0 Å². The molecule has 64 valence electrons. The van der Waals surface area contributed by atoms with Crippen molar-refractivity contribution in [3.63, 3.8) is 0 Å². The first kappa shape index (κ1) is 10.3. The van der Waals surface area contributed by atoms with Crippen LogP contribution in [0.5, 0.6) is 0 Å². The molecule has 0 saturated carbocycles. The third-order valence-corrected chi connectivity index (χ3v) is 1.14. The highest BCUT2D eigenvalue weighted by molar-refractivity contribution is 5.79. The van der Waals surface area contributed by atoms with Crippen LogP contribution in [-0.4, -0.2) is 29.3 Å². The summed E-state index contributed by atoms with van der Waals surface area (Å²) in [6.45, 7) is 5.52. The smallest absolute Gasteiger partial charge is 0.132 e. The number of rotatable bonds is 4. The number of Topliss-reactive ketones (excluding diaryl/α,β-unsaturated/α-hetero) is 1. The van der Waals surface area contributed by atoms with E-state index >= 15 is 0 Å². The number of aliphatic hydroxyl groups excluding tert-OH is 1. The van der Waals surface area contributed by atoms with E-state index in [1.807, 2.05) is 13.8 Å². The average molecular weight is 157 g/mol. The van der Waals surface area contributed by atoms with E-state index in [0.29, 0.717) is 6.54 Å². The SMILES string of the molecule is CC(=O)CC(O)CN=C(C)C. The van der Waals surface area contributed by atoms with Gasteiger partial charge in [0.05, 0.1) is 12.6 Å². The van der Waals surface area contributed by atoms with E-state index in [-0.39, 0.29) is 12.2 Å². The fraction of sp³-hybridized carbons (Fsp3) is 0.750. The molecule has 0 amide bonds. The summed E-state index contributed by atoms with van der Waals surface area (Å²) in [6, 6.07) is 0. The predicted octanol–water partition coefficient (Wildman–Crippen LogP) is 0.807. The lowest BCUT2D eigenvalue weighted by atomic mass is 10.2. The molecule has 0 aliphatic heterocycles. The molecule has 0 aromatic heterocycles. The van der Waals surface area contributed by atoms with Crippen LogP contribution < -0.4 is 0 Å². The molecule has 0 aromatic carbocycles. The van der Waals surface area contributed by atoms with E-state index in [2.05, 4.69) is 4.99 Å². The van der Waals surface area contributed by atoms with E-state index in [0.717, 1.165) is 5.71 Å². The van der Waals surface area contributed by atoms with Gasteiger partial charge in [-0.05, 0) is 20.8 Å². The first-order valence-electron chi connectivity index (χ1n) is 3.67. The highest BCUT2D eigenvalue weighted by Gasteiger charge is 2.04. The Hall–Kier alpha value is -0.700. The van der Waals surface area contributed by atoms with E-state index in [9.17, 15) is 4.79 Å². The highest BCUT2D eigenvalue weighted by atomic mass is 16.3. The molecule has 0 bridgehead atoms. The molecule has 0 aromatic rings. The predicted molar refractivity (Wildman–Crippen MR) is 45.0 cm³/mol. The van der Waals surface area contributed by atoms with Crippen molar-refractivity contribution in [2.45, 2.75) is 33.3 Å². The summed E-state index contributed by atoms with van der Waals surface area (Å²) < 4.78 is 0. The number of hydrogen-bond donors (Lipinski definition) is 1. The normalized spacial score (nSPS) is 12.4. The van der Waals surface area contributed by atoms with Crippen LogP contribution in [0.15, 0.2) is 4.99 Å². The lowest BCUT2D eigenvalue weighted by molar-refractivity contribution is -0.118. The van der Waals surface area contributed by atoms with Crippen LogP contribution in [0.2, 0.25) is 0 Å². The van der Waals surface area contributed by atoms with Crippen molar-refractivity contribution in [3.05, 3.63) is 0 Å². The Bertz CT molecular complexity index is 159.